The average molecular weight is 379 g/mol. The molecule has 0 heterocycles. The Labute approximate surface area is 162 Å². The maximum atomic E-state index is 5.95. The highest BCUT2D eigenvalue weighted by molar-refractivity contribution is 6.24. The Morgan fingerprint density at radius 1 is 0.600 bits per heavy atom. The summed E-state index contributed by atoms with van der Waals surface area (Å²) in [6.07, 6.45) is 4.78. The molecule has 0 spiro atoms. The summed E-state index contributed by atoms with van der Waals surface area (Å²) in [7, 11) is 0. The van der Waals surface area contributed by atoms with Gasteiger partial charge in [0.15, 0.2) is 0 Å². The minimum atomic E-state index is 0.922. The van der Waals surface area contributed by atoms with E-state index in [2.05, 4.69) is 61.6 Å². The third-order valence-corrected chi connectivity index (χ3v) is 5.22. The van der Waals surface area contributed by atoms with Gasteiger partial charge in [-0.2, -0.15) is 0 Å². The molecular weight excluding hydrogens is 351 g/mol. The summed E-state index contributed by atoms with van der Waals surface area (Å²) in [5.74, 6) is 0. The Bertz CT molecular complexity index is 614. The van der Waals surface area contributed by atoms with E-state index < -0.39 is 0 Å². The number of hydrogen-bond donors (Lipinski definition) is 2. The molecule has 2 rings (SSSR count). The smallest absolute Gasteiger partial charge is 0.0555 e. The zero-order valence-corrected chi connectivity index (χ0v) is 17.1. The quantitative estimate of drug-likeness (QED) is 0.501. The molecule has 0 amide bonds. The van der Waals surface area contributed by atoms with E-state index in [0.29, 0.717) is 0 Å². The summed E-state index contributed by atoms with van der Waals surface area (Å²) < 4.78 is 0. The highest BCUT2D eigenvalue weighted by Gasteiger charge is 2.12. The molecule has 0 saturated heterocycles. The van der Waals surface area contributed by atoms with Gasteiger partial charge < -0.3 is 0 Å². The van der Waals surface area contributed by atoms with Gasteiger partial charge in [0.05, 0.1) is 11.4 Å². The van der Waals surface area contributed by atoms with E-state index >= 15 is 0 Å². The molecular formula is C21H28Cl2N2. The van der Waals surface area contributed by atoms with Crippen LogP contribution in [-0.4, -0.2) is 0 Å². The van der Waals surface area contributed by atoms with Crippen LogP contribution < -0.4 is 9.67 Å². The molecule has 0 fully saturated rings. The predicted molar refractivity (Wildman–Crippen MR) is 112 cm³/mol. The molecule has 0 unspecified atom stereocenters. The SMILES string of the molecule is CCc1cc(Cc2cc(CC)c(NCl)c(CC)c2)cc(CC)c1NCl. The highest BCUT2D eigenvalue weighted by atomic mass is 35.5. The van der Waals surface area contributed by atoms with E-state index in [1.807, 2.05) is 0 Å². The summed E-state index contributed by atoms with van der Waals surface area (Å²) >= 11 is 11.9. The van der Waals surface area contributed by atoms with Crippen LogP contribution in [0.15, 0.2) is 24.3 Å². The maximum Gasteiger partial charge on any atom is 0.0555 e. The van der Waals surface area contributed by atoms with Crippen LogP contribution in [0.5, 0.6) is 0 Å². The zero-order chi connectivity index (χ0) is 18.4. The van der Waals surface area contributed by atoms with Crippen molar-refractivity contribution in [2.45, 2.75) is 59.8 Å². The molecule has 2 N–H and O–H groups in total. The lowest BCUT2D eigenvalue weighted by atomic mass is 9.93. The Hall–Kier alpha value is -1.38. The van der Waals surface area contributed by atoms with Gasteiger partial charge in [-0.05, 0) is 65.5 Å². The fourth-order valence-electron chi connectivity index (χ4n) is 3.48. The molecule has 2 nitrogen and oxygen atoms in total. The first-order valence-corrected chi connectivity index (χ1v) is 9.89. The van der Waals surface area contributed by atoms with Crippen LogP contribution in [0.2, 0.25) is 0 Å². The number of rotatable bonds is 8. The van der Waals surface area contributed by atoms with Crippen molar-refractivity contribution in [3.05, 3.63) is 57.6 Å². The Kier molecular flexibility index (Phi) is 7.46. The van der Waals surface area contributed by atoms with Crippen molar-refractivity contribution in [3.8, 4) is 0 Å². The standard InChI is InChI=1S/C21H28Cl2N2/c1-5-16-10-14(11-17(6-2)20(16)24-22)9-15-12-18(7-3)21(25-23)19(8-4)13-15/h10-13,24-25H,5-9H2,1-4H3. The second-order valence-corrected chi connectivity index (χ2v) is 6.74. The molecule has 2 aromatic rings. The summed E-state index contributed by atoms with van der Waals surface area (Å²) in [6.45, 7) is 8.67. The molecule has 0 atom stereocenters. The molecule has 0 saturated carbocycles. The monoisotopic (exact) mass is 378 g/mol. The zero-order valence-electron chi connectivity index (χ0n) is 15.6. The van der Waals surface area contributed by atoms with Crippen LogP contribution in [0.4, 0.5) is 11.4 Å². The van der Waals surface area contributed by atoms with Gasteiger partial charge >= 0.3 is 0 Å². The van der Waals surface area contributed by atoms with Gasteiger partial charge in [-0.15, -0.1) is 0 Å². The maximum absolute atomic E-state index is 5.95. The molecule has 0 aliphatic rings. The van der Waals surface area contributed by atoms with Gasteiger partial charge in [0.25, 0.3) is 0 Å². The lowest BCUT2D eigenvalue weighted by Gasteiger charge is -2.17. The first kappa shape index (κ1) is 19.9. The van der Waals surface area contributed by atoms with Crippen molar-refractivity contribution >= 4 is 34.9 Å². The van der Waals surface area contributed by atoms with Gasteiger partial charge in [0.2, 0.25) is 0 Å². The second-order valence-electron chi connectivity index (χ2n) is 6.36. The molecule has 4 heteroatoms. The molecule has 0 bridgehead atoms. The third kappa shape index (κ3) is 4.43. The number of benzene rings is 2. The Morgan fingerprint density at radius 3 is 1.08 bits per heavy atom. The first-order chi connectivity index (χ1) is 12.1. The van der Waals surface area contributed by atoms with Crippen LogP contribution >= 0.6 is 23.6 Å². The van der Waals surface area contributed by atoms with Crippen molar-refractivity contribution in [1.82, 2.24) is 0 Å². The van der Waals surface area contributed by atoms with E-state index in [1.165, 1.54) is 33.4 Å². The van der Waals surface area contributed by atoms with Crippen LogP contribution in [0.1, 0.15) is 61.1 Å². The largest absolute Gasteiger partial charge is 0.298 e. The van der Waals surface area contributed by atoms with Crippen molar-refractivity contribution in [3.63, 3.8) is 0 Å². The third-order valence-electron chi connectivity index (χ3n) is 4.84. The van der Waals surface area contributed by atoms with Gasteiger partial charge in [0, 0.05) is 23.6 Å². The van der Waals surface area contributed by atoms with Crippen molar-refractivity contribution in [1.29, 1.82) is 0 Å². The van der Waals surface area contributed by atoms with E-state index in [4.69, 9.17) is 23.6 Å². The summed E-state index contributed by atoms with van der Waals surface area (Å²) in [4.78, 5) is 5.72. The number of halogens is 2. The van der Waals surface area contributed by atoms with Gasteiger partial charge in [-0.3, -0.25) is 9.67 Å². The molecule has 0 aromatic heterocycles. The normalized spacial score (nSPS) is 10.8. The highest BCUT2D eigenvalue weighted by Crippen LogP contribution is 2.29. The Morgan fingerprint density at radius 2 is 0.880 bits per heavy atom. The molecule has 2 aromatic carbocycles. The van der Waals surface area contributed by atoms with Crippen LogP contribution in [0, 0.1) is 0 Å². The lowest BCUT2D eigenvalue weighted by Crippen LogP contribution is -2.02. The fraction of sp³-hybridized carbons (Fsp3) is 0.429. The number of nitrogens with one attached hydrogen (secondary N) is 2. The summed E-state index contributed by atoms with van der Waals surface area (Å²) in [6, 6.07) is 9.09. The number of hydrogen-bond acceptors (Lipinski definition) is 2. The molecule has 0 aliphatic carbocycles. The lowest BCUT2D eigenvalue weighted by molar-refractivity contribution is 1.04. The van der Waals surface area contributed by atoms with E-state index in [1.54, 1.807) is 0 Å². The number of anilines is 2. The second kappa shape index (κ2) is 9.35. The van der Waals surface area contributed by atoms with Crippen LogP contribution in [0.3, 0.4) is 0 Å². The summed E-state index contributed by atoms with van der Waals surface area (Å²) in [5, 5.41) is 0. The van der Waals surface area contributed by atoms with Crippen molar-refractivity contribution in [2.75, 3.05) is 9.67 Å². The fourth-order valence-corrected chi connectivity index (χ4v) is 3.96. The van der Waals surface area contributed by atoms with E-state index in [-0.39, 0.29) is 0 Å². The molecule has 0 radical (unpaired) electrons. The Balaban J connectivity index is 2.45. The van der Waals surface area contributed by atoms with E-state index in [0.717, 1.165) is 43.5 Å². The molecule has 25 heavy (non-hydrogen) atoms. The topological polar surface area (TPSA) is 24.1 Å². The molecule has 136 valence electrons. The summed E-state index contributed by atoms with van der Waals surface area (Å²) in [5.41, 5.74) is 9.90. The van der Waals surface area contributed by atoms with Gasteiger partial charge in [0.1, 0.15) is 0 Å². The first-order valence-electron chi connectivity index (χ1n) is 9.14. The van der Waals surface area contributed by atoms with Crippen LogP contribution in [0.25, 0.3) is 0 Å². The minimum Gasteiger partial charge on any atom is -0.298 e. The van der Waals surface area contributed by atoms with Crippen molar-refractivity contribution in [2.24, 2.45) is 0 Å². The van der Waals surface area contributed by atoms with Gasteiger partial charge in [-0.1, -0.05) is 52.0 Å². The average Bonchev–Trinajstić information content (AvgIpc) is 2.65. The predicted octanol–water partition coefficient (Wildman–Crippen LogP) is 6.66. The minimum absolute atomic E-state index is 0.922. The number of aryl methyl sites for hydroxylation is 4. The molecule has 0 aliphatic heterocycles. The van der Waals surface area contributed by atoms with E-state index in [9.17, 15) is 0 Å². The van der Waals surface area contributed by atoms with Crippen LogP contribution in [-0.2, 0) is 32.1 Å². The van der Waals surface area contributed by atoms with Crippen molar-refractivity contribution < 1.29 is 0 Å². The van der Waals surface area contributed by atoms with Gasteiger partial charge in [-0.25, -0.2) is 0 Å².